The van der Waals surface area contributed by atoms with Crippen molar-refractivity contribution in [1.82, 2.24) is 14.2 Å². The number of amides is 1. The Morgan fingerprint density at radius 3 is 2.50 bits per heavy atom. The Labute approximate surface area is 211 Å². The molecular formula is C27H33FN4O3S. The highest BCUT2D eigenvalue weighted by Gasteiger charge is 2.29. The first-order valence-corrected chi connectivity index (χ1v) is 14.3. The fraction of sp³-hybridized carbons (Fsp3) is 0.444. The molecule has 3 aromatic rings. The van der Waals surface area contributed by atoms with Crippen LogP contribution < -0.4 is 5.73 Å². The number of halogens is 1. The number of carbonyl (C=O) groups excluding carboxylic acids is 1. The number of hydrogen-bond acceptors (Lipinski definition) is 4. The minimum atomic E-state index is -3.22. The number of sulfonamides is 1. The van der Waals surface area contributed by atoms with Gasteiger partial charge in [-0.25, -0.2) is 17.1 Å². The molecular weight excluding hydrogens is 479 g/mol. The molecule has 3 N–H and O–H groups in total. The molecule has 0 spiro atoms. The molecule has 3 heterocycles. The second-order valence-electron chi connectivity index (χ2n) is 9.93. The van der Waals surface area contributed by atoms with E-state index in [0.717, 1.165) is 36.1 Å². The average molecular weight is 513 g/mol. The molecule has 2 fully saturated rings. The van der Waals surface area contributed by atoms with Crippen molar-refractivity contribution in [3.8, 4) is 11.1 Å². The first-order valence-electron chi connectivity index (χ1n) is 12.7. The lowest BCUT2D eigenvalue weighted by molar-refractivity contribution is 0.100. The third-order valence-electron chi connectivity index (χ3n) is 7.69. The molecule has 36 heavy (non-hydrogen) atoms. The monoisotopic (exact) mass is 512 g/mol. The number of aromatic amines is 1. The summed E-state index contributed by atoms with van der Waals surface area (Å²) < 4.78 is 41.2. The summed E-state index contributed by atoms with van der Waals surface area (Å²) in [5.74, 6) is -0.694. The van der Waals surface area contributed by atoms with Crippen molar-refractivity contribution in [2.45, 2.75) is 45.1 Å². The number of H-pyrrole nitrogens is 1. The average Bonchev–Trinajstić information content (AvgIpc) is 3.54. The van der Waals surface area contributed by atoms with Crippen LogP contribution >= 0.6 is 0 Å². The molecule has 9 heteroatoms. The van der Waals surface area contributed by atoms with Crippen molar-refractivity contribution < 1.29 is 17.6 Å². The van der Waals surface area contributed by atoms with Crippen molar-refractivity contribution in [1.29, 1.82) is 0 Å². The number of fused-ring (bicyclic) bond motifs is 1. The van der Waals surface area contributed by atoms with Gasteiger partial charge in [-0.15, -0.1) is 0 Å². The summed E-state index contributed by atoms with van der Waals surface area (Å²) in [5, 5.41) is 0.836. The molecule has 5 rings (SSSR count). The Hall–Kier alpha value is -2.75. The number of rotatable bonds is 7. The summed E-state index contributed by atoms with van der Waals surface area (Å²) in [6, 6.07) is 8.79. The van der Waals surface area contributed by atoms with Gasteiger partial charge in [-0.05, 0) is 92.6 Å². The summed E-state index contributed by atoms with van der Waals surface area (Å²) >= 11 is 0. The van der Waals surface area contributed by atoms with Gasteiger partial charge in [0.05, 0.1) is 16.8 Å². The molecule has 0 atom stereocenters. The van der Waals surface area contributed by atoms with Crippen LogP contribution in [0.15, 0.2) is 36.5 Å². The number of primary amides is 1. The maximum absolute atomic E-state index is 15.1. The zero-order valence-corrected chi connectivity index (χ0v) is 21.4. The first kappa shape index (κ1) is 24.9. The zero-order chi connectivity index (χ0) is 25.4. The molecule has 0 radical (unpaired) electrons. The van der Waals surface area contributed by atoms with E-state index in [1.165, 1.54) is 18.9 Å². The number of benzene rings is 2. The highest BCUT2D eigenvalue weighted by Crippen LogP contribution is 2.38. The molecule has 2 saturated heterocycles. The molecule has 2 aliphatic heterocycles. The van der Waals surface area contributed by atoms with Crippen molar-refractivity contribution >= 4 is 26.8 Å². The minimum absolute atomic E-state index is 0.0957. The molecule has 0 bridgehead atoms. The van der Waals surface area contributed by atoms with Crippen molar-refractivity contribution in [3.63, 3.8) is 0 Å². The van der Waals surface area contributed by atoms with E-state index in [0.29, 0.717) is 48.1 Å². The van der Waals surface area contributed by atoms with E-state index < -0.39 is 15.9 Å². The van der Waals surface area contributed by atoms with E-state index in [2.05, 4.69) is 9.88 Å². The smallest absolute Gasteiger partial charge is 0.250 e. The summed E-state index contributed by atoms with van der Waals surface area (Å²) in [6.07, 6.45) is 5.62. The van der Waals surface area contributed by atoms with Crippen LogP contribution in [0.1, 0.15) is 60.0 Å². The number of hydrogen-bond donors (Lipinski definition) is 2. The summed E-state index contributed by atoms with van der Waals surface area (Å²) in [7, 11) is -3.22. The van der Waals surface area contributed by atoms with Gasteiger partial charge in [0.25, 0.3) is 5.91 Å². The highest BCUT2D eigenvalue weighted by atomic mass is 32.2. The van der Waals surface area contributed by atoms with Crippen molar-refractivity contribution in [2.24, 2.45) is 5.73 Å². The van der Waals surface area contributed by atoms with Crippen molar-refractivity contribution in [2.75, 3.05) is 31.9 Å². The number of likely N-dealkylation sites (tertiary alicyclic amines) is 1. The predicted octanol–water partition coefficient (Wildman–Crippen LogP) is 4.20. The fourth-order valence-electron chi connectivity index (χ4n) is 5.66. The standard InChI is InChI=1S/C27H33FN4O3S/c1-2-36(34,35)32-11-7-19(8-12-32)24-16-30-26-22(24)14-20(15-23(26)27(29)33)21-13-18(5-6-25(21)28)17-31-9-3-4-10-31/h5-6,13-16,19,30H,2-4,7-12,17H2,1H3,(H2,29,33). The number of carbonyl (C=O) groups is 1. The number of piperidine rings is 1. The molecule has 192 valence electrons. The number of nitrogens with two attached hydrogens (primary N) is 1. The second-order valence-corrected chi connectivity index (χ2v) is 12.2. The summed E-state index contributed by atoms with van der Waals surface area (Å²) in [4.78, 5) is 18.0. The van der Waals surface area contributed by atoms with Gasteiger partial charge in [-0.1, -0.05) is 6.07 Å². The Bertz CT molecular complexity index is 1390. The van der Waals surface area contributed by atoms with Gasteiger partial charge in [0.2, 0.25) is 10.0 Å². The SMILES string of the molecule is CCS(=O)(=O)N1CCC(c2c[nH]c3c(C(N)=O)cc(-c4cc(CN5CCCC5)ccc4F)cc23)CC1. The van der Waals surface area contributed by atoms with E-state index in [-0.39, 0.29) is 17.5 Å². The third-order valence-corrected chi connectivity index (χ3v) is 9.57. The van der Waals surface area contributed by atoms with E-state index >= 15 is 4.39 Å². The van der Waals surface area contributed by atoms with E-state index in [1.807, 2.05) is 24.4 Å². The van der Waals surface area contributed by atoms with Crippen LogP contribution in [0.2, 0.25) is 0 Å². The highest BCUT2D eigenvalue weighted by molar-refractivity contribution is 7.89. The third kappa shape index (κ3) is 4.79. The van der Waals surface area contributed by atoms with Crippen LogP contribution in [0.25, 0.3) is 22.0 Å². The Balaban J connectivity index is 1.51. The number of aromatic nitrogens is 1. The van der Waals surface area contributed by atoms with Gasteiger partial charge in [-0.3, -0.25) is 9.69 Å². The lowest BCUT2D eigenvalue weighted by Crippen LogP contribution is -2.38. The molecule has 2 aliphatic rings. The molecule has 7 nitrogen and oxygen atoms in total. The van der Waals surface area contributed by atoms with E-state index in [1.54, 1.807) is 17.3 Å². The Kier molecular flexibility index (Phi) is 6.89. The van der Waals surface area contributed by atoms with Gasteiger partial charge in [0.15, 0.2) is 0 Å². The molecule has 0 aliphatic carbocycles. The van der Waals surface area contributed by atoms with E-state index in [9.17, 15) is 13.2 Å². The predicted molar refractivity (Wildman–Crippen MR) is 140 cm³/mol. The largest absolute Gasteiger partial charge is 0.366 e. The number of nitrogens with one attached hydrogen (secondary N) is 1. The topological polar surface area (TPSA) is 99.5 Å². The lowest BCUT2D eigenvalue weighted by Gasteiger charge is -2.31. The maximum Gasteiger partial charge on any atom is 0.250 e. The van der Waals surface area contributed by atoms with Crippen LogP contribution in [-0.4, -0.2) is 60.4 Å². The fourth-order valence-corrected chi connectivity index (χ4v) is 6.79. The van der Waals surface area contributed by atoms with Crippen LogP contribution in [0, 0.1) is 5.82 Å². The van der Waals surface area contributed by atoms with Gasteiger partial charge in [0, 0.05) is 36.8 Å². The van der Waals surface area contributed by atoms with Gasteiger partial charge in [-0.2, -0.15) is 0 Å². The molecule has 0 unspecified atom stereocenters. The van der Waals surface area contributed by atoms with Crippen LogP contribution in [0.3, 0.4) is 0 Å². The van der Waals surface area contributed by atoms with Gasteiger partial charge < -0.3 is 10.7 Å². The number of nitrogens with zero attached hydrogens (tertiary/aromatic N) is 2. The quantitative estimate of drug-likeness (QED) is 0.496. The van der Waals surface area contributed by atoms with Crippen molar-refractivity contribution in [3.05, 3.63) is 59.0 Å². The van der Waals surface area contributed by atoms with Crippen LogP contribution in [-0.2, 0) is 16.6 Å². The van der Waals surface area contributed by atoms with Crippen LogP contribution in [0.5, 0.6) is 0 Å². The Morgan fingerprint density at radius 2 is 1.83 bits per heavy atom. The molecule has 2 aromatic carbocycles. The second kappa shape index (κ2) is 9.95. The van der Waals surface area contributed by atoms with Gasteiger partial charge in [0.1, 0.15) is 5.82 Å². The van der Waals surface area contributed by atoms with E-state index in [4.69, 9.17) is 5.73 Å². The molecule has 1 aromatic heterocycles. The maximum atomic E-state index is 15.1. The summed E-state index contributed by atoms with van der Waals surface area (Å²) in [5.41, 5.74) is 9.81. The zero-order valence-electron chi connectivity index (χ0n) is 20.6. The minimum Gasteiger partial charge on any atom is -0.366 e. The normalized spacial score (nSPS) is 18.3. The first-order chi connectivity index (χ1) is 17.3. The Morgan fingerprint density at radius 1 is 1.11 bits per heavy atom. The molecule has 1 amide bonds. The van der Waals surface area contributed by atoms with Gasteiger partial charge >= 0.3 is 0 Å². The molecule has 0 saturated carbocycles. The summed E-state index contributed by atoms with van der Waals surface area (Å²) in [6.45, 7) is 5.46. The lowest BCUT2D eigenvalue weighted by atomic mass is 9.88. The van der Waals surface area contributed by atoms with Crippen LogP contribution in [0.4, 0.5) is 4.39 Å².